The molecule has 2 atom stereocenters. The third-order valence-electron chi connectivity index (χ3n) is 4.18. The van der Waals surface area contributed by atoms with Crippen LogP contribution in [0.5, 0.6) is 11.5 Å². The third kappa shape index (κ3) is 5.52. The van der Waals surface area contributed by atoms with Gasteiger partial charge in [-0.3, -0.25) is 4.79 Å². The van der Waals surface area contributed by atoms with Gasteiger partial charge < -0.3 is 19.5 Å². The molecule has 0 spiro atoms. The highest BCUT2D eigenvalue weighted by molar-refractivity contribution is 5.89. The van der Waals surface area contributed by atoms with E-state index in [2.05, 4.69) is 13.8 Å². The molecule has 1 aromatic rings. The number of hydrogen-bond acceptors (Lipinski definition) is 5. The molecule has 25 heavy (non-hydrogen) atoms. The van der Waals surface area contributed by atoms with Crippen molar-refractivity contribution in [2.24, 2.45) is 11.8 Å². The SMILES string of the molecule is COc1cc(/C=C/C(=O)OCC(=O)N2C[C@H](C)C[C@@H](C)C2)ccc1O. The molecule has 1 aromatic carbocycles. The zero-order valence-electron chi connectivity index (χ0n) is 14.9. The van der Waals surface area contributed by atoms with E-state index in [9.17, 15) is 14.7 Å². The molecule has 0 saturated carbocycles. The zero-order chi connectivity index (χ0) is 18.4. The fraction of sp³-hybridized carbons (Fsp3) is 0.474. The Kier molecular flexibility index (Phi) is 6.44. The summed E-state index contributed by atoms with van der Waals surface area (Å²) in [6.45, 7) is 5.42. The lowest BCUT2D eigenvalue weighted by Crippen LogP contribution is -2.44. The number of esters is 1. The third-order valence-corrected chi connectivity index (χ3v) is 4.18. The molecule has 1 aliphatic rings. The first kappa shape index (κ1) is 18.8. The van der Waals surface area contributed by atoms with Crippen LogP contribution >= 0.6 is 0 Å². The van der Waals surface area contributed by atoms with Crippen LogP contribution in [0.1, 0.15) is 25.8 Å². The normalized spacial score (nSPS) is 20.5. The minimum absolute atomic E-state index is 0.0258. The fourth-order valence-electron chi connectivity index (χ4n) is 3.10. The lowest BCUT2D eigenvalue weighted by atomic mass is 9.92. The Morgan fingerprint density at radius 3 is 2.60 bits per heavy atom. The van der Waals surface area contributed by atoms with Gasteiger partial charge >= 0.3 is 5.97 Å². The number of piperidine rings is 1. The molecule has 0 unspecified atom stereocenters. The van der Waals surface area contributed by atoms with E-state index >= 15 is 0 Å². The molecule has 1 N–H and O–H groups in total. The predicted molar refractivity (Wildman–Crippen MR) is 94.2 cm³/mol. The summed E-state index contributed by atoms with van der Waals surface area (Å²) in [5.41, 5.74) is 0.677. The number of carbonyl (C=O) groups excluding carboxylic acids is 2. The monoisotopic (exact) mass is 347 g/mol. The highest BCUT2D eigenvalue weighted by Gasteiger charge is 2.25. The quantitative estimate of drug-likeness (QED) is 0.654. The topological polar surface area (TPSA) is 76.1 Å². The van der Waals surface area contributed by atoms with E-state index in [1.54, 1.807) is 23.1 Å². The van der Waals surface area contributed by atoms with Gasteiger partial charge in [-0.05, 0) is 42.0 Å². The standard InChI is InChI=1S/C19H25NO5/c1-13-8-14(2)11-20(10-13)18(22)12-25-19(23)7-5-15-4-6-16(21)17(9-15)24-3/h4-7,9,13-14,21H,8,10-12H2,1-3H3/b7-5+/t13-,14-/m1/s1. The maximum absolute atomic E-state index is 12.2. The number of phenolic OH excluding ortho intramolecular Hbond substituents is 1. The summed E-state index contributed by atoms with van der Waals surface area (Å²) < 4.78 is 10.0. The summed E-state index contributed by atoms with van der Waals surface area (Å²) in [5.74, 6) is 0.530. The van der Waals surface area contributed by atoms with Gasteiger partial charge in [0, 0.05) is 19.2 Å². The van der Waals surface area contributed by atoms with Crippen LogP contribution in [0.25, 0.3) is 6.08 Å². The summed E-state index contributed by atoms with van der Waals surface area (Å²) in [4.78, 5) is 25.7. The van der Waals surface area contributed by atoms with Crippen LogP contribution in [0.4, 0.5) is 0 Å². The number of rotatable bonds is 5. The van der Waals surface area contributed by atoms with Gasteiger partial charge in [0.25, 0.3) is 5.91 Å². The van der Waals surface area contributed by atoms with Crippen LogP contribution in [-0.4, -0.2) is 48.7 Å². The van der Waals surface area contributed by atoms with Gasteiger partial charge in [-0.2, -0.15) is 0 Å². The molecule has 2 rings (SSSR count). The summed E-state index contributed by atoms with van der Waals surface area (Å²) in [7, 11) is 1.45. The van der Waals surface area contributed by atoms with E-state index in [-0.39, 0.29) is 18.3 Å². The van der Waals surface area contributed by atoms with Crippen LogP contribution in [-0.2, 0) is 14.3 Å². The molecule has 6 nitrogen and oxygen atoms in total. The first-order valence-electron chi connectivity index (χ1n) is 8.38. The minimum Gasteiger partial charge on any atom is -0.504 e. The maximum atomic E-state index is 12.2. The van der Waals surface area contributed by atoms with Crippen LogP contribution < -0.4 is 4.74 Å². The summed E-state index contributed by atoms with van der Waals surface area (Å²) in [6, 6.07) is 4.72. The molecule has 6 heteroatoms. The molecule has 0 radical (unpaired) electrons. The largest absolute Gasteiger partial charge is 0.504 e. The Morgan fingerprint density at radius 1 is 1.28 bits per heavy atom. The van der Waals surface area contributed by atoms with Crippen molar-refractivity contribution in [3.63, 3.8) is 0 Å². The van der Waals surface area contributed by atoms with Gasteiger partial charge in [-0.25, -0.2) is 4.79 Å². The molecule has 1 aliphatic heterocycles. The van der Waals surface area contributed by atoms with Crippen molar-refractivity contribution in [2.75, 3.05) is 26.8 Å². The van der Waals surface area contributed by atoms with Gasteiger partial charge in [-0.15, -0.1) is 0 Å². The summed E-state index contributed by atoms with van der Waals surface area (Å²) in [5, 5.41) is 9.54. The van der Waals surface area contributed by atoms with Crippen molar-refractivity contribution in [3.8, 4) is 11.5 Å². The predicted octanol–water partition coefficient (Wildman–Crippen LogP) is 2.46. The second-order valence-electron chi connectivity index (χ2n) is 6.62. The highest BCUT2D eigenvalue weighted by atomic mass is 16.5. The first-order valence-corrected chi connectivity index (χ1v) is 8.38. The molecule has 0 aromatic heterocycles. The fourth-order valence-corrected chi connectivity index (χ4v) is 3.10. The average Bonchev–Trinajstić information content (AvgIpc) is 2.58. The van der Waals surface area contributed by atoms with Crippen molar-refractivity contribution in [1.29, 1.82) is 0 Å². The molecular weight excluding hydrogens is 322 g/mol. The van der Waals surface area contributed by atoms with E-state index in [0.29, 0.717) is 36.2 Å². The number of benzene rings is 1. The van der Waals surface area contributed by atoms with Crippen LogP contribution in [0.2, 0.25) is 0 Å². The molecule has 0 bridgehead atoms. The number of nitrogens with zero attached hydrogens (tertiary/aromatic N) is 1. The molecule has 1 fully saturated rings. The number of aromatic hydroxyl groups is 1. The molecule has 1 saturated heterocycles. The van der Waals surface area contributed by atoms with Gasteiger partial charge in [0.15, 0.2) is 18.1 Å². The maximum Gasteiger partial charge on any atom is 0.331 e. The molecule has 1 heterocycles. The van der Waals surface area contributed by atoms with Gasteiger partial charge in [0.2, 0.25) is 0 Å². The number of hydrogen-bond donors (Lipinski definition) is 1. The Labute approximate surface area is 148 Å². The van der Waals surface area contributed by atoms with Crippen molar-refractivity contribution in [2.45, 2.75) is 20.3 Å². The Balaban J connectivity index is 1.85. The lowest BCUT2D eigenvalue weighted by molar-refractivity contribution is -0.149. The Bertz CT molecular complexity index is 645. The van der Waals surface area contributed by atoms with Gasteiger partial charge in [-0.1, -0.05) is 19.9 Å². The minimum atomic E-state index is -0.585. The van der Waals surface area contributed by atoms with Crippen LogP contribution in [0.3, 0.4) is 0 Å². The number of carbonyl (C=O) groups is 2. The first-order chi connectivity index (χ1) is 11.9. The second-order valence-corrected chi connectivity index (χ2v) is 6.62. The van der Waals surface area contributed by atoms with Crippen molar-refractivity contribution in [1.82, 2.24) is 4.90 Å². The van der Waals surface area contributed by atoms with Crippen molar-refractivity contribution >= 4 is 18.0 Å². The molecule has 1 amide bonds. The van der Waals surface area contributed by atoms with E-state index in [1.165, 1.54) is 19.3 Å². The Hall–Kier alpha value is -2.50. The van der Waals surface area contributed by atoms with Crippen LogP contribution in [0.15, 0.2) is 24.3 Å². The number of likely N-dealkylation sites (tertiary alicyclic amines) is 1. The number of methoxy groups -OCH3 is 1. The van der Waals surface area contributed by atoms with Crippen LogP contribution in [0, 0.1) is 11.8 Å². The van der Waals surface area contributed by atoms with E-state index in [1.807, 2.05) is 0 Å². The Morgan fingerprint density at radius 2 is 1.96 bits per heavy atom. The van der Waals surface area contributed by atoms with E-state index in [4.69, 9.17) is 9.47 Å². The number of amides is 1. The van der Waals surface area contributed by atoms with Gasteiger partial charge in [0.1, 0.15) is 0 Å². The van der Waals surface area contributed by atoms with E-state index < -0.39 is 5.97 Å². The average molecular weight is 347 g/mol. The number of phenols is 1. The van der Waals surface area contributed by atoms with Crippen molar-refractivity contribution in [3.05, 3.63) is 29.8 Å². The highest BCUT2D eigenvalue weighted by Crippen LogP contribution is 2.26. The summed E-state index contributed by atoms with van der Waals surface area (Å²) >= 11 is 0. The molecule has 0 aliphatic carbocycles. The number of ether oxygens (including phenoxy) is 2. The zero-order valence-corrected chi connectivity index (χ0v) is 14.9. The van der Waals surface area contributed by atoms with E-state index in [0.717, 1.165) is 6.42 Å². The molecule has 136 valence electrons. The lowest BCUT2D eigenvalue weighted by Gasteiger charge is -2.34. The molecular formula is C19H25NO5. The second kappa shape index (κ2) is 8.55. The summed E-state index contributed by atoms with van der Waals surface area (Å²) in [6.07, 6.45) is 3.91. The smallest absolute Gasteiger partial charge is 0.331 e. The van der Waals surface area contributed by atoms with Crippen molar-refractivity contribution < 1.29 is 24.2 Å². The van der Waals surface area contributed by atoms with Gasteiger partial charge in [0.05, 0.1) is 7.11 Å².